The number of carbonyl (C=O) groups excluding carboxylic acids is 3. The van der Waals surface area contributed by atoms with E-state index in [2.05, 4.69) is 10.6 Å². The van der Waals surface area contributed by atoms with E-state index < -0.39 is 28.5 Å². The predicted octanol–water partition coefficient (Wildman–Crippen LogP) is 2.86. The van der Waals surface area contributed by atoms with Crippen molar-refractivity contribution in [2.75, 3.05) is 25.0 Å². The van der Waals surface area contributed by atoms with Crippen LogP contribution >= 0.6 is 0 Å². The van der Waals surface area contributed by atoms with Gasteiger partial charge in [0.05, 0.1) is 21.7 Å². The molecule has 4 rings (SSSR count). The van der Waals surface area contributed by atoms with Gasteiger partial charge in [0.15, 0.2) is 6.61 Å². The fourth-order valence-corrected chi connectivity index (χ4v) is 5.70. The van der Waals surface area contributed by atoms with Crippen molar-refractivity contribution in [3.8, 4) is 0 Å². The molecule has 1 heterocycles. The zero-order valence-electron chi connectivity index (χ0n) is 19.6. The van der Waals surface area contributed by atoms with Crippen LogP contribution in [0.2, 0.25) is 0 Å². The van der Waals surface area contributed by atoms with E-state index in [1.165, 1.54) is 16.4 Å². The Morgan fingerprint density at radius 2 is 1.74 bits per heavy atom. The smallest absolute Gasteiger partial charge is 0.338 e. The summed E-state index contributed by atoms with van der Waals surface area (Å²) in [6.07, 6.45) is 4.49. The molecule has 2 amide bonds. The number of carbonyl (C=O) groups is 3. The lowest BCUT2D eigenvalue weighted by Crippen LogP contribution is -2.36. The first kappa shape index (κ1) is 24.9. The average molecular weight is 500 g/mol. The normalized spacial score (nSPS) is 16.4. The maximum atomic E-state index is 13.1. The Morgan fingerprint density at radius 1 is 1.03 bits per heavy atom. The minimum Gasteiger partial charge on any atom is -0.452 e. The summed E-state index contributed by atoms with van der Waals surface area (Å²) < 4.78 is 32.7. The van der Waals surface area contributed by atoms with Crippen molar-refractivity contribution < 1.29 is 27.5 Å². The van der Waals surface area contributed by atoms with Crippen molar-refractivity contribution >= 4 is 33.5 Å². The van der Waals surface area contributed by atoms with E-state index in [1.807, 2.05) is 0 Å². The fourth-order valence-electron chi connectivity index (χ4n) is 3.93. The third kappa shape index (κ3) is 6.07. The van der Waals surface area contributed by atoms with Crippen LogP contribution in [0.3, 0.4) is 0 Å². The first-order valence-corrected chi connectivity index (χ1v) is 13.2. The van der Waals surface area contributed by atoms with Gasteiger partial charge in [-0.15, -0.1) is 0 Å². The summed E-state index contributed by atoms with van der Waals surface area (Å²) in [5, 5.41) is 5.47. The molecule has 186 valence electrons. The number of rotatable bonds is 8. The molecule has 2 fully saturated rings. The molecule has 2 aliphatic rings. The number of esters is 1. The van der Waals surface area contributed by atoms with E-state index in [0.29, 0.717) is 29.9 Å². The molecule has 1 aliphatic carbocycles. The Balaban J connectivity index is 1.40. The van der Waals surface area contributed by atoms with Crippen LogP contribution in [0.4, 0.5) is 5.69 Å². The molecule has 2 aromatic carbocycles. The van der Waals surface area contributed by atoms with Crippen molar-refractivity contribution in [1.82, 2.24) is 9.62 Å². The molecule has 1 aliphatic heterocycles. The number of anilines is 1. The lowest BCUT2D eigenvalue weighted by molar-refractivity contribution is -0.119. The summed E-state index contributed by atoms with van der Waals surface area (Å²) in [6.45, 7) is 2.00. The molecule has 0 radical (unpaired) electrons. The van der Waals surface area contributed by atoms with Crippen LogP contribution in [-0.2, 0) is 19.6 Å². The molecule has 35 heavy (non-hydrogen) atoms. The Bertz CT molecular complexity index is 1230. The minimum absolute atomic E-state index is 0.0446. The molecule has 0 unspecified atom stereocenters. The number of para-hydroxylation sites is 1. The number of piperidine rings is 1. The first-order chi connectivity index (χ1) is 16.8. The van der Waals surface area contributed by atoms with E-state index in [1.54, 1.807) is 37.3 Å². The molecule has 1 saturated carbocycles. The summed E-state index contributed by atoms with van der Waals surface area (Å²) in [6, 6.07) is 11.1. The van der Waals surface area contributed by atoms with Crippen LogP contribution in [-0.4, -0.2) is 56.2 Å². The van der Waals surface area contributed by atoms with E-state index in [4.69, 9.17) is 4.74 Å². The lowest BCUT2D eigenvalue weighted by Gasteiger charge is -2.26. The second kappa shape index (κ2) is 10.6. The molecule has 0 aromatic heterocycles. The van der Waals surface area contributed by atoms with Gasteiger partial charge in [0, 0.05) is 19.1 Å². The van der Waals surface area contributed by atoms with Gasteiger partial charge in [-0.25, -0.2) is 13.2 Å². The molecular weight excluding hydrogens is 470 g/mol. The van der Waals surface area contributed by atoms with Gasteiger partial charge in [-0.05, 0) is 62.4 Å². The zero-order chi connectivity index (χ0) is 25.0. The molecule has 10 heteroatoms. The maximum absolute atomic E-state index is 13.1. The van der Waals surface area contributed by atoms with Gasteiger partial charge in [-0.2, -0.15) is 4.31 Å². The SMILES string of the molecule is Cc1ccc(C(=O)OCC(=O)Nc2ccccc2C(=O)NC2CC2)cc1S(=O)(=O)N1CCCCC1. The number of benzene rings is 2. The maximum Gasteiger partial charge on any atom is 0.338 e. The number of amides is 2. The van der Waals surface area contributed by atoms with E-state index in [9.17, 15) is 22.8 Å². The quantitative estimate of drug-likeness (QED) is 0.539. The molecule has 0 bridgehead atoms. The number of nitrogens with one attached hydrogen (secondary N) is 2. The van der Waals surface area contributed by atoms with Crippen molar-refractivity contribution in [2.45, 2.75) is 50.0 Å². The highest BCUT2D eigenvalue weighted by atomic mass is 32.2. The minimum atomic E-state index is -3.73. The number of hydrogen-bond acceptors (Lipinski definition) is 6. The predicted molar refractivity (Wildman–Crippen MR) is 130 cm³/mol. The molecule has 1 saturated heterocycles. The van der Waals surface area contributed by atoms with Gasteiger partial charge in [0.2, 0.25) is 10.0 Å². The number of nitrogens with zero attached hydrogens (tertiary/aromatic N) is 1. The highest BCUT2D eigenvalue weighted by Crippen LogP contribution is 2.25. The number of sulfonamides is 1. The van der Waals surface area contributed by atoms with Gasteiger partial charge >= 0.3 is 5.97 Å². The Labute approximate surface area is 204 Å². The second-order valence-corrected chi connectivity index (χ2v) is 10.8. The molecule has 2 N–H and O–H groups in total. The third-order valence-electron chi connectivity index (χ3n) is 6.05. The van der Waals surface area contributed by atoms with Crippen molar-refractivity contribution in [1.29, 1.82) is 0 Å². The number of ether oxygens (including phenoxy) is 1. The molecular formula is C25H29N3O6S. The number of hydrogen-bond donors (Lipinski definition) is 2. The van der Waals surface area contributed by atoms with Crippen LogP contribution in [0.5, 0.6) is 0 Å². The van der Waals surface area contributed by atoms with Gasteiger partial charge in [-0.3, -0.25) is 9.59 Å². The topological polar surface area (TPSA) is 122 Å². The Hall–Kier alpha value is -3.24. The van der Waals surface area contributed by atoms with Gasteiger partial charge in [-0.1, -0.05) is 24.6 Å². The summed E-state index contributed by atoms with van der Waals surface area (Å²) in [7, 11) is -3.73. The van der Waals surface area contributed by atoms with E-state index in [-0.39, 0.29) is 22.4 Å². The lowest BCUT2D eigenvalue weighted by atomic mass is 10.1. The van der Waals surface area contributed by atoms with Gasteiger partial charge in [0.1, 0.15) is 0 Å². The largest absolute Gasteiger partial charge is 0.452 e. The highest BCUT2D eigenvalue weighted by Gasteiger charge is 2.28. The van der Waals surface area contributed by atoms with Crippen molar-refractivity contribution in [3.05, 3.63) is 59.2 Å². The molecule has 0 atom stereocenters. The zero-order valence-corrected chi connectivity index (χ0v) is 20.4. The highest BCUT2D eigenvalue weighted by molar-refractivity contribution is 7.89. The van der Waals surface area contributed by atoms with E-state index in [0.717, 1.165) is 32.1 Å². The van der Waals surface area contributed by atoms with Crippen molar-refractivity contribution in [3.63, 3.8) is 0 Å². The Morgan fingerprint density at radius 3 is 2.46 bits per heavy atom. The molecule has 9 nitrogen and oxygen atoms in total. The summed E-state index contributed by atoms with van der Waals surface area (Å²) in [5.41, 5.74) is 1.22. The monoisotopic (exact) mass is 499 g/mol. The van der Waals surface area contributed by atoms with Crippen molar-refractivity contribution in [2.24, 2.45) is 0 Å². The summed E-state index contributed by atoms with van der Waals surface area (Å²) >= 11 is 0. The summed E-state index contributed by atoms with van der Waals surface area (Å²) in [4.78, 5) is 37.5. The van der Waals surface area contributed by atoms with Crippen LogP contribution in [0.1, 0.15) is 58.4 Å². The molecule has 2 aromatic rings. The molecule has 0 spiro atoms. The van der Waals surface area contributed by atoms with Crippen LogP contribution in [0, 0.1) is 6.92 Å². The van der Waals surface area contributed by atoms with Gasteiger partial charge in [0.25, 0.3) is 11.8 Å². The Kier molecular flexibility index (Phi) is 7.51. The van der Waals surface area contributed by atoms with E-state index >= 15 is 0 Å². The van der Waals surface area contributed by atoms with Crippen LogP contribution in [0.25, 0.3) is 0 Å². The van der Waals surface area contributed by atoms with Crippen LogP contribution in [0.15, 0.2) is 47.4 Å². The second-order valence-electron chi connectivity index (χ2n) is 8.86. The van der Waals surface area contributed by atoms with Gasteiger partial charge < -0.3 is 15.4 Å². The fraction of sp³-hybridized carbons (Fsp3) is 0.400. The van der Waals surface area contributed by atoms with Crippen LogP contribution < -0.4 is 10.6 Å². The first-order valence-electron chi connectivity index (χ1n) is 11.7. The average Bonchev–Trinajstić information content (AvgIpc) is 3.67. The number of aryl methyl sites for hydroxylation is 1. The third-order valence-corrected chi connectivity index (χ3v) is 8.09. The standard InChI is InChI=1S/C25H29N3O6S/c1-17-9-10-18(15-22(17)35(32,33)28-13-5-2-6-14-28)25(31)34-16-23(29)27-21-8-4-3-7-20(21)24(30)26-19-11-12-19/h3-4,7-10,15,19H,2,5-6,11-14,16H2,1H3,(H,26,30)(H,27,29). The summed E-state index contributed by atoms with van der Waals surface area (Å²) in [5.74, 6) is -1.70.